The van der Waals surface area contributed by atoms with E-state index in [4.69, 9.17) is 0 Å². The van der Waals surface area contributed by atoms with Gasteiger partial charge in [-0.15, -0.1) is 0 Å². The van der Waals surface area contributed by atoms with Crippen LogP contribution in [0.15, 0.2) is 0 Å². The van der Waals surface area contributed by atoms with Gasteiger partial charge in [-0.25, -0.2) is 0 Å². The van der Waals surface area contributed by atoms with Crippen molar-refractivity contribution in [3.8, 4) is 0 Å². The number of likely N-dealkylation sites (N-methyl/N-ethyl adjacent to an activating group) is 2. The molecule has 3 atom stereocenters. The fourth-order valence-corrected chi connectivity index (χ4v) is 4.22. The van der Waals surface area contributed by atoms with E-state index >= 15 is 0 Å². The summed E-state index contributed by atoms with van der Waals surface area (Å²) in [6.45, 7) is 8.88. The summed E-state index contributed by atoms with van der Waals surface area (Å²) in [7, 11) is 1.79. The number of likely N-dealkylation sites (tertiary alicyclic amines) is 1. The predicted octanol–water partition coefficient (Wildman–Crippen LogP) is 1.39. The largest absolute Gasteiger partial charge is 0.480 e. The van der Waals surface area contributed by atoms with Gasteiger partial charge in [0.25, 0.3) is 0 Å². The molecule has 0 aromatic carbocycles. The normalized spacial score (nSPS) is 34.5. The van der Waals surface area contributed by atoms with Crippen LogP contribution in [0, 0.1) is 0 Å². The highest BCUT2D eigenvalue weighted by molar-refractivity contribution is 5.79. The predicted molar refractivity (Wildman–Crippen MR) is 84.6 cm³/mol. The maximum absolute atomic E-state index is 11.6. The Morgan fingerprint density at radius 1 is 1.38 bits per heavy atom. The number of carboxylic acids is 1. The van der Waals surface area contributed by atoms with Gasteiger partial charge in [0.05, 0.1) is 0 Å². The van der Waals surface area contributed by atoms with Gasteiger partial charge in [0.15, 0.2) is 0 Å². The lowest BCUT2D eigenvalue weighted by Crippen LogP contribution is -2.57. The van der Waals surface area contributed by atoms with Crippen LogP contribution in [0.3, 0.4) is 0 Å². The van der Waals surface area contributed by atoms with Gasteiger partial charge in [0, 0.05) is 25.2 Å². The highest BCUT2D eigenvalue weighted by atomic mass is 16.4. The fraction of sp³-hybridized carbons (Fsp3) is 0.938. The molecule has 1 heterocycles. The third kappa shape index (κ3) is 3.41. The Morgan fingerprint density at radius 3 is 2.67 bits per heavy atom. The molecule has 2 rings (SSSR count). The first kappa shape index (κ1) is 16.7. The van der Waals surface area contributed by atoms with Gasteiger partial charge in [-0.3, -0.25) is 14.6 Å². The van der Waals surface area contributed by atoms with Crippen molar-refractivity contribution in [3.05, 3.63) is 0 Å². The average molecular weight is 297 g/mol. The van der Waals surface area contributed by atoms with Crippen LogP contribution in [0.4, 0.5) is 0 Å². The Bertz CT molecular complexity index is 359. The topological polar surface area (TPSA) is 55.8 Å². The molecule has 3 unspecified atom stereocenters. The van der Waals surface area contributed by atoms with E-state index in [9.17, 15) is 9.90 Å². The van der Waals surface area contributed by atoms with E-state index in [2.05, 4.69) is 29.0 Å². The smallest absolute Gasteiger partial charge is 0.323 e. The average Bonchev–Trinajstić information content (AvgIpc) is 2.98. The van der Waals surface area contributed by atoms with E-state index in [1.54, 1.807) is 7.05 Å². The van der Waals surface area contributed by atoms with Crippen LogP contribution >= 0.6 is 0 Å². The number of nitrogens with one attached hydrogen (secondary N) is 1. The van der Waals surface area contributed by atoms with Gasteiger partial charge < -0.3 is 10.4 Å². The van der Waals surface area contributed by atoms with Gasteiger partial charge >= 0.3 is 5.97 Å². The van der Waals surface area contributed by atoms with Crippen molar-refractivity contribution in [1.29, 1.82) is 0 Å². The van der Waals surface area contributed by atoms with Crippen molar-refractivity contribution < 1.29 is 9.90 Å². The molecule has 21 heavy (non-hydrogen) atoms. The maximum atomic E-state index is 11.6. The van der Waals surface area contributed by atoms with E-state index in [1.165, 1.54) is 6.42 Å². The standard InChI is InChI=1S/C16H31N3O2/c1-4-18(5-2)14-8-10-19(12-14)13-7-6-9-16(11-13,17-3)15(20)21/h13-14,17H,4-12H2,1-3H3,(H,20,21). The van der Waals surface area contributed by atoms with Crippen LogP contribution < -0.4 is 5.32 Å². The molecule has 0 spiro atoms. The summed E-state index contributed by atoms with van der Waals surface area (Å²) >= 11 is 0. The first-order valence-electron chi connectivity index (χ1n) is 8.46. The van der Waals surface area contributed by atoms with Gasteiger partial charge in [-0.1, -0.05) is 13.8 Å². The summed E-state index contributed by atoms with van der Waals surface area (Å²) < 4.78 is 0. The van der Waals surface area contributed by atoms with Crippen molar-refractivity contribution in [2.24, 2.45) is 0 Å². The lowest BCUT2D eigenvalue weighted by atomic mass is 9.78. The van der Waals surface area contributed by atoms with Crippen LogP contribution in [0.1, 0.15) is 46.0 Å². The molecule has 2 aliphatic rings. The molecule has 1 aliphatic heterocycles. The molecule has 0 radical (unpaired) electrons. The summed E-state index contributed by atoms with van der Waals surface area (Å²) in [6, 6.07) is 1.07. The second-order valence-corrected chi connectivity index (χ2v) is 6.55. The Morgan fingerprint density at radius 2 is 2.10 bits per heavy atom. The summed E-state index contributed by atoms with van der Waals surface area (Å²) in [4.78, 5) is 16.7. The lowest BCUT2D eigenvalue weighted by molar-refractivity contribution is -0.147. The van der Waals surface area contributed by atoms with Gasteiger partial charge in [-0.2, -0.15) is 0 Å². The van der Waals surface area contributed by atoms with Crippen LogP contribution in [-0.4, -0.2) is 71.7 Å². The second kappa shape index (κ2) is 7.07. The number of rotatable bonds is 6. The molecule has 122 valence electrons. The van der Waals surface area contributed by atoms with Crippen LogP contribution in [0.25, 0.3) is 0 Å². The second-order valence-electron chi connectivity index (χ2n) is 6.55. The molecule has 0 bridgehead atoms. The van der Waals surface area contributed by atoms with Gasteiger partial charge in [0.1, 0.15) is 5.54 Å². The number of hydrogen-bond donors (Lipinski definition) is 2. The van der Waals surface area contributed by atoms with Gasteiger partial charge in [0.2, 0.25) is 0 Å². The molecular weight excluding hydrogens is 266 g/mol. The van der Waals surface area contributed by atoms with Crippen molar-refractivity contribution in [3.63, 3.8) is 0 Å². The van der Waals surface area contributed by atoms with Crippen LogP contribution in [0.2, 0.25) is 0 Å². The Hall–Kier alpha value is -0.650. The highest BCUT2D eigenvalue weighted by Crippen LogP contribution is 2.33. The minimum atomic E-state index is -0.712. The third-order valence-electron chi connectivity index (χ3n) is 5.65. The van der Waals surface area contributed by atoms with Crippen molar-refractivity contribution in [1.82, 2.24) is 15.1 Å². The monoisotopic (exact) mass is 297 g/mol. The Balaban J connectivity index is 1.98. The van der Waals surface area contributed by atoms with Crippen molar-refractivity contribution in [2.75, 3.05) is 33.2 Å². The molecule has 5 heteroatoms. The first-order valence-corrected chi connectivity index (χ1v) is 8.46. The summed E-state index contributed by atoms with van der Waals surface area (Å²) in [5, 5.41) is 12.7. The first-order chi connectivity index (χ1) is 10.1. The molecule has 1 saturated carbocycles. The van der Waals surface area contributed by atoms with E-state index in [0.29, 0.717) is 12.1 Å². The van der Waals surface area contributed by atoms with Crippen LogP contribution in [0.5, 0.6) is 0 Å². The minimum Gasteiger partial charge on any atom is -0.480 e. The van der Waals surface area contributed by atoms with E-state index in [0.717, 1.165) is 51.9 Å². The number of carboxylic acid groups (broad SMARTS) is 1. The SMILES string of the molecule is CCN(CC)C1CCN(C2CCCC(NC)(C(=O)O)C2)C1. The Labute approximate surface area is 128 Å². The van der Waals surface area contributed by atoms with Gasteiger partial charge in [-0.05, 0) is 52.2 Å². The van der Waals surface area contributed by atoms with Crippen LogP contribution in [-0.2, 0) is 4.79 Å². The quantitative estimate of drug-likeness (QED) is 0.776. The summed E-state index contributed by atoms with van der Waals surface area (Å²) in [5.41, 5.74) is -0.712. The summed E-state index contributed by atoms with van der Waals surface area (Å²) in [6.07, 6.45) is 4.86. The molecule has 1 saturated heterocycles. The number of carbonyl (C=O) groups is 1. The highest BCUT2D eigenvalue weighted by Gasteiger charge is 2.44. The minimum absolute atomic E-state index is 0.419. The third-order valence-corrected chi connectivity index (χ3v) is 5.65. The molecule has 2 fully saturated rings. The number of aliphatic carboxylic acids is 1. The lowest BCUT2D eigenvalue weighted by Gasteiger charge is -2.41. The number of hydrogen-bond acceptors (Lipinski definition) is 4. The molecule has 0 aromatic rings. The van der Waals surface area contributed by atoms with Crippen molar-refractivity contribution in [2.45, 2.75) is 63.6 Å². The summed E-state index contributed by atoms with van der Waals surface area (Å²) in [5.74, 6) is -0.686. The van der Waals surface area contributed by atoms with E-state index in [-0.39, 0.29) is 0 Å². The molecule has 0 aromatic heterocycles. The maximum Gasteiger partial charge on any atom is 0.323 e. The molecule has 2 N–H and O–H groups in total. The zero-order valence-electron chi connectivity index (χ0n) is 13.8. The molecule has 5 nitrogen and oxygen atoms in total. The zero-order chi connectivity index (χ0) is 15.5. The molecular formula is C16H31N3O2. The Kier molecular flexibility index (Phi) is 5.63. The molecule has 1 aliphatic carbocycles. The molecule has 0 amide bonds. The van der Waals surface area contributed by atoms with E-state index < -0.39 is 11.5 Å². The number of nitrogens with zero attached hydrogens (tertiary/aromatic N) is 2. The zero-order valence-corrected chi connectivity index (χ0v) is 13.8. The van der Waals surface area contributed by atoms with E-state index in [1.807, 2.05) is 0 Å². The fourth-order valence-electron chi connectivity index (χ4n) is 4.22. The van der Waals surface area contributed by atoms with Crippen molar-refractivity contribution >= 4 is 5.97 Å².